The molecule has 104 valence electrons. The van der Waals surface area contributed by atoms with E-state index in [2.05, 4.69) is 12.1 Å². The third-order valence-corrected chi connectivity index (χ3v) is 3.60. The topological polar surface area (TPSA) is 61.8 Å². The molecule has 0 saturated carbocycles. The predicted octanol–water partition coefficient (Wildman–Crippen LogP) is 2.30. The minimum Gasteiger partial charge on any atom is -0.409 e. The van der Waals surface area contributed by atoms with Gasteiger partial charge < -0.3 is 15.8 Å². The lowest BCUT2D eigenvalue weighted by Crippen LogP contribution is -2.23. The second kappa shape index (κ2) is 5.42. The molecule has 2 rings (SSSR count). The third-order valence-electron chi connectivity index (χ3n) is 3.60. The van der Waals surface area contributed by atoms with Crippen LogP contribution in [0, 0.1) is 17.6 Å². The fourth-order valence-electron chi connectivity index (χ4n) is 2.44. The molecule has 1 heterocycles. The van der Waals surface area contributed by atoms with E-state index in [-0.39, 0.29) is 17.1 Å². The summed E-state index contributed by atoms with van der Waals surface area (Å²) in [5.74, 6) is -1.20. The summed E-state index contributed by atoms with van der Waals surface area (Å²) in [4.78, 5) is 1.72. The summed E-state index contributed by atoms with van der Waals surface area (Å²) >= 11 is 0. The molecule has 0 radical (unpaired) electrons. The molecule has 0 aliphatic carbocycles. The van der Waals surface area contributed by atoms with Crippen molar-refractivity contribution in [2.75, 3.05) is 18.0 Å². The van der Waals surface area contributed by atoms with Gasteiger partial charge >= 0.3 is 0 Å². The number of anilines is 1. The first-order chi connectivity index (χ1) is 9.06. The van der Waals surface area contributed by atoms with Gasteiger partial charge in [-0.2, -0.15) is 0 Å². The Balaban J connectivity index is 2.32. The fraction of sp³-hybridized carbons (Fsp3) is 0.462. The number of halogens is 2. The van der Waals surface area contributed by atoms with Crippen molar-refractivity contribution in [3.8, 4) is 0 Å². The van der Waals surface area contributed by atoms with Crippen LogP contribution in [0.15, 0.2) is 17.3 Å². The molecule has 6 heteroatoms. The molecule has 1 atom stereocenters. The predicted molar refractivity (Wildman–Crippen MR) is 69.5 cm³/mol. The first-order valence-electron chi connectivity index (χ1n) is 6.28. The number of amidine groups is 1. The zero-order valence-corrected chi connectivity index (χ0v) is 10.7. The van der Waals surface area contributed by atoms with Crippen LogP contribution in [0.3, 0.4) is 0 Å². The zero-order valence-electron chi connectivity index (χ0n) is 10.7. The van der Waals surface area contributed by atoms with Crippen LogP contribution in [0.5, 0.6) is 0 Å². The average molecular weight is 269 g/mol. The van der Waals surface area contributed by atoms with Crippen LogP contribution < -0.4 is 10.6 Å². The molecule has 19 heavy (non-hydrogen) atoms. The maximum atomic E-state index is 14.0. The minimum atomic E-state index is -0.682. The van der Waals surface area contributed by atoms with E-state index in [1.165, 1.54) is 0 Å². The Labute approximate surface area is 110 Å². The molecule has 1 aliphatic rings. The van der Waals surface area contributed by atoms with E-state index >= 15 is 0 Å². The van der Waals surface area contributed by atoms with Gasteiger partial charge in [0.05, 0.1) is 0 Å². The largest absolute Gasteiger partial charge is 0.409 e. The number of oxime groups is 1. The molecule has 1 aromatic carbocycles. The molecule has 0 bridgehead atoms. The van der Waals surface area contributed by atoms with Crippen molar-refractivity contribution in [3.63, 3.8) is 0 Å². The van der Waals surface area contributed by atoms with Gasteiger partial charge in [-0.1, -0.05) is 18.5 Å². The summed E-state index contributed by atoms with van der Waals surface area (Å²) in [6.45, 7) is 3.38. The molecule has 1 aromatic rings. The normalized spacial score (nSPS) is 20.1. The lowest BCUT2D eigenvalue weighted by Gasteiger charge is -2.20. The van der Waals surface area contributed by atoms with E-state index in [0.717, 1.165) is 25.0 Å². The van der Waals surface area contributed by atoms with Crippen LogP contribution in [0.4, 0.5) is 14.5 Å². The van der Waals surface area contributed by atoms with Gasteiger partial charge in [-0.05, 0) is 24.5 Å². The van der Waals surface area contributed by atoms with Gasteiger partial charge in [-0.3, -0.25) is 0 Å². The summed E-state index contributed by atoms with van der Waals surface area (Å²) in [5, 5.41) is 11.3. The quantitative estimate of drug-likeness (QED) is 0.383. The molecule has 1 saturated heterocycles. The van der Waals surface area contributed by atoms with Crippen LogP contribution in [0.25, 0.3) is 0 Å². The molecule has 0 amide bonds. The Morgan fingerprint density at radius 1 is 1.47 bits per heavy atom. The van der Waals surface area contributed by atoms with E-state index in [4.69, 9.17) is 10.9 Å². The molecule has 3 N–H and O–H groups in total. The standard InChI is InChI=1S/C13H17F2N3O/c1-2-8-3-4-18(7-8)12-10(14)5-9(6-11(12)15)13(16)17-19/h5-6,8,19H,2-4,7H2,1H3,(H2,16,17). The highest BCUT2D eigenvalue weighted by Gasteiger charge is 2.26. The molecule has 0 spiro atoms. The van der Waals surface area contributed by atoms with Crippen molar-refractivity contribution in [2.24, 2.45) is 16.8 Å². The molecule has 1 unspecified atom stereocenters. The Hall–Kier alpha value is -1.85. The number of nitrogens with zero attached hydrogens (tertiary/aromatic N) is 2. The third kappa shape index (κ3) is 2.62. The van der Waals surface area contributed by atoms with Gasteiger partial charge in [0.15, 0.2) is 5.84 Å². The maximum absolute atomic E-state index is 14.0. The smallest absolute Gasteiger partial charge is 0.170 e. The van der Waals surface area contributed by atoms with Crippen LogP contribution in [-0.4, -0.2) is 24.1 Å². The minimum absolute atomic E-state index is 0.0227. The highest BCUT2D eigenvalue weighted by atomic mass is 19.1. The molecule has 4 nitrogen and oxygen atoms in total. The first kappa shape index (κ1) is 13.6. The van der Waals surface area contributed by atoms with Gasteiger partial charge in [-0.25, -0.2) is 8.78 Å². The van der Waals surface area contributed by atoms with Gasteiger partial charge in [0.1, 0.15) is 17.3 Å². The Bertz CT molecular complexity index is 482. The number of rotatable bonds is 3. The number of hydrogen-bond acceptors (Lipinski definition) is 3. The van der Waals surface area contributed by atoms with E-state index in [0.29, 0.717) is 19.0 Å². The Morgan fingerprint density at radius 3 is 2.58 bits per heavy atom. The van der Waals surface area contributed by atoms with Gasteiger partial charge in [0.2, 0.25) is 0 Å². The van der Waals surface area contributed by atoms with E-state index in [1.807, 2.05) is 0 Å². The zero-order chi connectivity index (χ0) is 14.0. The molecular weight excluding hydrogens is 252 g/mol. The molecule has 0 aromatic heterocycles. The number of nitrogens with two attached hydrogens (primary N) is 1. The SMILES string of the molecule is CCC1CCN(c2c(F)cc(C(N)=NO)cc2F)C1. The highest BCUT2D eigenvalue weighted by Crippen LogP contribution is 2.30. The van der Waals surface area contributed by atoms with Crippen LogP contribution in [0.2, 0.25) is 0 Å². The summed E-state index contributed by atoms with van der Waals surface area (Å²) in [7, 11) is 0. The van der Waals surface area contributed by atoms with E-state index in [1.54, 1.807) is 4.90 Å². The van der Waals surface area contributed by atoms with Crippen molar-refractivity contribution in [1.82, 2.24) is 0 Å². The summed E-state index contributed by atoms with van der Waals surface area (Å²) in [6, 6.07) is 2.18. The van der Waals surface area contributed by atoms with Gasteiger partial charge in [0.25, 0.3) is 0 Å². The second-order valence-electron chi connectivity index (χ2n) is 4.78. The second-order valence-corrected chi connectivity index (χ2v) is 4.78. The van der Waals surface area contributed by atoms with Crippen LogP contribution >= 0.6 is 0 Å². The van der Waals surface area contributed by atoms with Crippen molar-refractivity contribution >= 4 is 11.5 Å². The monoisotopic (exact) mass is 269 g/mol. The summed E-state index contributed by atoms with van der Waals surface area (Å²) < 4.78 is 28.0. The number of hydrogen-bond donors (Lipinski definition) is 2. The first-order valence-corrected chi connectivity index (χ1v) is 6.28. The lowest BCUT2D eigenvalue weighted by molar-refractivity contribution is 0.318. The van der Waals surface area contributed by atoms with Crippen molar-refractivity contribution < 1.29 is 14.0 Å². The lowest BCUT2D eigenvalue weighted by atomic mass is 10.1. The van der Waals surface area contributed by atoms with Crippen molar-refractivity contribution in [3.05, 3.63) is 29.3 Å². The highest BCUT2D eigenvalue weighted by molar-refractivity contribution is 5.97. The van der Waals surface area contributed by atoms with Crippen LogP contribution in [-0.2, 0) is 0 Å². The molecule has 1 fully saturated rings. The molecule has 1 aliphatic heterocycles. The Morgan fingerprint density at radius 2 is 2.11 bits per heavy atom. The number of benzene rings is 1. The van der Waals surface area contributed by atoms with Crippen molar-refractivity contribution in [1.29, 1.82) is 0 Å². The molecular formula is C13H17F2N3O. The van der Waals surface area contributed by atoms with Gasteiger partial charge in [0, 0.05) is 18.7 Å². The Kier molecular flexibility index (Phi) is 3.87. The van der Waals surface area contributed by atoms with E-state index in [9.17, 15) is 8.78 Å². The average Bonchev–Trinajstić information content (AvgIpc) is 2.85. The van der Waals surface area contributed by atoms with E-state index < -0.39 is 11.6 Å². The fourth-order valence-corrected chi connectivity index (χ4v) is 2.44. The summed E-state index contributed by atoms with van der Waals surface area (Å²) in [6.07, 6.45) is 1.94. The van der Waals surface area contributed by atoms with Gasteiger partial charge in [-0.15, -0.1) is 0 Å². The maximum Gasteiger partial charge on any atom is 0.170 e. The van der Waals surface area contributed by atoms with Crippen molar-refractivity contribution in [2.45, 2.75) is 19.8 Å². The summed E-state index contributed by atoms with van der Waals surface area (Å²) in [5.41, 5.74) is 5.34. The van der Waals surface area contributed by atoms with Crippen LogP contribution in [0.1, 0.15) is 25.3 Å².